The van der Waals surface area contributed by atoms with Crippen molar-refractivity contribution in [3.05, 3.63) is 121 Å². The molecule has 0 atom stereocenters. The summed E-state index contributed by atoms with van der Waals surface area (Å²) in [6, 6.07) is 37.3. The summed E-state index contributed by atoms with van der Waals surface area (Å²) in [6.45, 7) is -0.173. The molecule has 0 radical (unpaired) electrons. The molecule has 0 aliphatic heterocycles. The largest absolute Gasteiger partial charge is 0.491 e. The molecule has 0 fully saturated rings. The second-order valence-corrected chi connectivity index (χ2v) is 12.0. The molecule has 0 bridgehead atoms. The number of aliphatic hydroxyl groups excluding tert-OH is 2. The second kappa shape index (κ2) is 12.3. The van der Waals surface area contributed by atoms with Crippen LogP contribution in [0.2, 0.25) is 0 Å². The van der Waals surface area contributed by atoms with E-state index in [0.717, 1.165) is 32.7 Å². The second-order valence-electron chi connectivity index (χ2n) is 10.1. The number of aliphatic hydroxyl groups is 2. The Balaban J connectivity index is 1.46. The lowest BCUT2D eigenvalue weighted by molar-refractivity contribution is 0.202. The van der Waals surface area contributed by atoms with E-state index in [2.05, 4.69) is 0 Å². The van der Waals surface area contributed by atoms with Gasteiger partial charge in [-0.1, -0.05) is 72.8 Å². The Hall–Kier alpha value is -4.69. The van der Waals surface area contributed by atoms with Gasteiger partial charge in [0, 0.05) is 11.1 Å². The van der Waals surface area contributed by atoms with E-state index in [9.17, 15) is 18.6 Å². The smallest absolute Gasteiger partial charge is 0.206 e. The van der Waals surface area contributed by atoms with Crippen molar-refractivity contribution in [2.45, 2.75) is 9.79 Å². The molecule has 7 heteroatoms. The van der Waals surface area contributed by atoms with Gasteiger partial charge in [-0.05, 0) is 81.2 Å². The highest BCUT2D eigenvalue weighted by Gasteiger charge is 2.23. The van der Waals surface area contributed by atoms with Crippen molar-refractivity contribution in [3.63, 3.8) is 0 Å². The van der Waals surface area contributed by atoms with E-state index in [1.165, 1.54) is 12.1 Å². The van der Waals surface area contributed by atoms with E-state index < -0.39 is 9.84 Å². The monoisotopic (exact) mass is 590 g/mol. The van der Waals surface area contributed by atoms with E-state index in [-0.39, 0.29) is 36.2 Å². The molecule has 2 N–H and O–H groups in total. The fourth-order valence-corrected chi connectivity index (χ4v) is 6.53. The third-order valence-electron chi connectivity index (χ3n) is 7.34. The van der Waals surface area contributed by atoms with Crippen molar-refractivity contribution in [2.75, 3.05) is 26.4 Å². The summed E-state index contributed by atoms with van der Waals surface area (Å²) in [5, 5.41) is 22.9. The summed E-state index contributed by atoms with van der Waals surface area (Å²) in [7, 11) is -3.97. The Kier molecular flexibility index (Phi) is 8.11. The van der Waals surface area contributed by atoms with Crippen molar-refractivity contribution in [2.24, 2.45) is 0 Å². The summed E-state index contributed by atoms with van der Waals surface area (Å²) in [5.74, 6) is 0.959. The highest BCUT2D eigenvalue weighted by atomic mass is 32.2. The molecule has 0 aliphatic rings. The minimum atomic E-state index is -3.97. The van der Waals surface area contributed by atoms with Crippen LogP contribution in [-0.2, 0) is 9.84 Å². The van der Waals surface area contributed by atoms with Crippen molar-refractivity contribution in [1.82, 2.24) is 0 Å². The Morgan fingerprint density at radius 2 is 0.907 bits per heavy atom. The zero-order valence-electron chi connectivity index (χ0n) is 23.3. The average Bonchev–Trinajstić information content (AvgIpc) is 3.05. The van der Waals surface area contributed by atoms with Gasteiger partial charge in [0.15, 0.2) is 0 Å². The minimum Gasteiger partial charge on any atom is -0.491 e. The molecule has 0 saturated heterocycles. The van der Waals surface area contributed by atoms with Crippen molar-refractivity contribution in [1.29, 1.82) is 0 Å². The predicted molar refractivity (Wildman–Crippen MR) is 169 cm³/mol. The van der Waals surface area contributed by atoms with Gasteiger partial charge in [0.1, 0.15) is 24.7 Å². The van der Waals surface area contributed by atoms with E-state index in [4.69, 9.17) is 9.47 Å². The van der Waals surface area contributed by atoms with Crippen LogP contribution in [0.3, 0.4) is 0 Å². The lowest BCUT2D eigenvalue weighted by Crippen LogP contribution is -2.07. The van der Waals surface area contributed by atoms with Gasteiger partial charge in [0.25, 0.3) is 0 Å². The van der Waals surface area contributed by atoms with Crippen LogP contribution in [0.5, 0.6) is 11.5 Å². The molecule has 43 heavy (non-hydrogen) atoms. The Morgan fingerprint density at radius 3 is 1.33 bits per heavy atom. The normalized spacial score (nSPS) is 11.6. The van der Waals surface area contributed by atoms with Gasteiger partial charge in [-0.3, -0.25) is 0 Å². The maximum Gasteiger partial charge on any atom is 0.206 e. The topological polar surface area (TPSA) is 93.1 Å². The highest BCUT2D eigenvalue weighted by Crippen LogP contribution is 2.38. The zero-order valence-corrected chi connectivity index (χ0v) is 24.1. The summed E-state index contributed by atoms with van der Waals surface area (Å²) >= 11 is 0. The molecule has 0 heterocycles. The Labute approximate surface area is 250 Å². The molecule has 0 unspecified atom stereocenters. The number of hydrogen-bond donors (Lipinski definition) is 2. The van der Waals surface area contributed by atoms with Gasteiger partial charge in [-0.25, -0.2) is 8.42 Å². The van der Waals surface area contributed by atoms with Gasteiger partial charge in [0.05, 0.1) is 23.0 Å². The molecule has 0 aliphatic carbocycles. The Bertz CT molecular complexity index is 1890. The SMILES string of the molecule is O=S(=O)(c1ccc(OCCO)c(-c2ccc3ccccc3c2)c1)c1ccc(OCCO)c(-c2ccc3ccccc3c2)c1. The number of benzene rings is 6. The number of fused-ring (bicyclic) bond motifs is 2. The molecular formula is C36H30O6S. The summed E-state index contributed by atoms with van der Waals surface area (Å²) in [4.78, 5) is 0.223. The van der Waals surface area contributed by atoms with Crippen LogP contribution in [0.1, 0.15) is 0 Å². The molecule has 6 nitrogen and oxygen atoms in total. The van der Waals surface area contributed by atoms with Gasteiger partial charge in [-0.2, -0.15) is 0 Å². The van der Waals surface area contributed by atoms with E-state index in [0.29, 0.717) is 22.6 Å². The van der Waals surface area contributed by atoms with Gasteiger partial charge < -0.3 is 19.7 Å². The minimum absolute atomic E-state index is 0.0805. The van der Waals surface area contributed by atoms with Crippen molar-refractivity contribution >= 4 is 31.4 Å². The summed E-state index contributed by atoms with van der Waals surface area (Å²) < 4.78 is 39.8. The van der Waals surface area contributed by atoms with Gasteiger partial charge >= 0.3 is 0 Å². The van der Waals surface area contributed by atoms with E-state index >= 15 is 0 Å². The standard InChI is InChI=1S/C36H30O6S/c37-17-19-41-35-15-13-31(23-33(35)29-11-9-25-5-1-3-7-27(25)21-29)43(39,40)32-14-16-36(42-20-18-38)34(24-32)30-12-10-26-6-2-4-8-28(26)22-30/h1-16,21-24,37-38H,17-20H2. The predicted octanol–water partition coefficient (Wildman–Crippen LogP) is 6.90. The average molecular weight is 591 g/mol. The van der Waals surface area contributed by atoms with E-state index in [1.807, 2.05) is 84.9 Å². The molecule has 0 spiro atoms. The number of sulfone groups is 1. The summed E-state index contributed by atoms with van der Waals surface area (Å²) in [6.07, 6.45) is 0. The first-order chi connectivity index (χ1) is 21.0. The van der Waals surface area contributed by atoms with Crippen LogP contribution in [0.4, 0.5) is 0 Å². The third kappa shape index (κ3) is 5.83. The molecular weight excluding hydrogens is 560 g/mol. The van der Waals surface area contributed by atoms with Crippen molar-refractivity contribution in [3.8, 4) is 33.8 Å². The molecule has 6 aromatic rings. The number of rotatable bonds is 10. The van der Waals surface area contributed by atoms with Crippen molar-refractivity contribution < 1.29 is 28.1 Å². The highest BCUT2D eigenvalue weighted by molar-refractivity contribution is 7.91. The van der Waals surface area contributed by atoms with Gasteiger partial charge in [0.2, 0.25) is 9.84 Å². The summed E-state index contributed by atoms with van der Waals surface area (Å²) in [5.41, 5.74) is 2.82. The zero-order chi connectivity index (χ0) is 29.8. The first-order valence-electron chi connectivity index (χ1n) is 14.0. The lowest BCUT2D eigenvalue weighted by atomic mass is 10.0. The quantitative estimate of drug-likeness (QED) is 0.180. The van der Waals surface area contributed by atoms with Crippen LogP contribution in [0.15, 0.2) is 131 Å². The Morgan fingerprint density at radius 1 is 0.488 bits per heavy atom. The van der Waals surface area contributed by atoms with Crippen LogP contribution in [0.25, 0.3) is 43.8 Å². The molecule has 0 amide bonds. The van der Waals surface area contributed by atoms with Gasteiger partial charge in [-0.15, -0.1) is 0 Å². The molecule has 216 valence electrons. The number of ether oxygens (including phenoxy) is 2. The van der Waals surface area contributed by atoms with E-state index in [1.54, 1.807) is 24.3 Å². The van der Waals surface area contributed by atoms with Crippen LogP contribution in [-0.4, -0.2) is 45.1 Å². The fourth-order valence-electron chi connectivity index (χ4n) is 5.22. The first-order valence-corrected chi connectivity index (χ1v) is 15.4. The molecule has 6 rings (SSSR count). The lowest BCUT2D eigenvalue weighted by Gasteiger charge is -2.16. The number of hydrogen-bond acceptors (Lipinski definition) is 6. The third-order valence-corrected chi connectivity index (χ3v) is 9.09. The first kappa shape index (κ1) is 28.4. The van der Waals surface area contributed by atoms with Crippen LogP contribution in [0, 0.1) is 0 Å². The maximum absolute atomic E-state index is 14.1. The molecule has 0 aromatic heterocycles. The molecule has 6 aromatic carbocycles. The maximum atomic E-state index is 14.1. The van der Waals surface area contributed by atoms with Crippen LogP contribution < -0.4 is 9.47 Å². The molecule has 0 saturated carbocycles. The fraction of sp³-hybridized carbons (Fsp3) is 0.111. The van der Waals surface area contributed by atoms with Crippen LogP contribution >= 0.6 is 0 Å².